The second-order valence-electron chi connectivity index (χ2n) is 11.9. The van der Waals surface area contributed by atoms with Gasteiger partial charge >= 0.3 is 24.1 Å². The molecule has 0 radical (unpaired) electrons. The van der Waals surface area contributed by atoms with Gasteiger partial charge in [0.1, 0.15) is 21.9 Å². The van der Waals surface area contributed by atoms with Crippen LogP contribution in [0.4, 0.5) is 9.59 Å². The van der Waals surface area contributed by atoms with Crippen LogP contribution in [0.3, 0.4) is 0 Å². The Morgan fingerprint density at radius 3 is 2.08 bits per heavy atom. The van der Waals surface area contributed by atoms with Gasteiger partial charge in [0.25, 0.3) is 0 Å². The third-order valence-electron chi connectivity index (χ3n) is 5.74. The number of aliphatic imine (C=N–C) groups is 1. The van der Waals surface area contributed by atoms with Gasteiger partial charge < -0.3 is 23.8 Å². The zero-order valence-corrected chi connectivity index (χ0v) is 26.6. The summed E-state index contributed by atoms with van der Waals surface area (Å²) in [5.74, 6) is -1.93. The molecule has 0 aliphatic rings. The van der Waals surface area contributed by atoms with Crippen LogP contribution in [0.25, 0.3) is 0 Å². The zero-order valence-electron chi connectivity index (χ0n) is 25.8. The first-order valence-corrected chi connectivity index (χ1v) is 14.2. The van der Waals surface area contributed by atoms with Crippen molar-refractivity contribution in [2.45, 2.75) is 105 Å². The first-order chi connectivity index (χ1) is 18.3. The van der Waals surface area contributed by atoms with Crippen molar-refractivity contribution < 1.29 is 38.1 Å². The molecular formula is C28H45N3O8S. The summed E-state index contributed by atoms with van der Waals surface area (Å²) < 4.78 is 21.5. The van der Waals surface area contributed by atoms with Gasteiger partial charge in [-0.25, -0.2) is 24.2 Å². The average molecular weight is 584 g/mol. The van der Waals surface area contributed by atoms with E-state index in [9.17, 15) is 19.2 Å². The molecule has 0 aromatic carbocycles. The van der Waals surface area contributed by atoms with Gasteiger partial charge in [0.2, 0.25) is 0 Å². The molecule has 2 amide bonds. The van der Waals surface area contributed by atoms with E-state index >= 15 is 0 Å². The predicted octanol–water partition coefficient (Wildman–Crippen LogP) is 6.22. The Bertz CT molecular complexity index is 1070. The molecule has 1 aromatic heterocycles. The number of hydrogen-bond donors (Lipinski definition) is 0. The van der Waals surface area contributed by atoms with Crippen LogP contribution in [0, 0.1) is 11.8 Å². The number of amides is 2. The van der Waals surface area contributed by atoms with Crippen molar-refractivity contribution in [1.82, 2.24) is 9.88 Å². The Kier molecular flexibility index (Phi) is 12.7. The number of thiazole rings is 1. The van der Waals surface area contributed by atoms with Crippen molar-refractivity contribution in [1.29, 1.82) is 0 Å². The Hall–Kier alpha value is -3.02. The topological polar surface area (TPSA) is 134 Å². The summed E-state index contributed by atoms with van der Waals surface area (Å²) >= 11 is 1.12. The van der Waals surface area contributed by atoms with Crippen LogP contribution < -0.4 is 0 Å². The lowest BCUT2D eigenvalue weighted by Gasteiger charge is -2.34. The summed E-state index contributed by atoms with van der Waals surface area (Å²) in [5, 5.41) is 1.84. The third-order valence-corrected chi connectivity index (χ3v) is 6.68. The summed E-state index contributed by atoms with van der Waals surface area (Å²) in [6.07, 6.45) is -1.74. The van der Waals surface area contributed by atoms with Gasteiger partial charge in [-0.1, -0.05) is 27.7 Å². The van der Waals surface area contributed by atoms with Crippen molar-refractivity contribution in [3.05, 3.63) is 16.1 Å². The molecule has 0 saturated carbocycles. The number of hydrogen-bond acceptors (Lipinski definition) is 10. The Balaban J connectivity index is 3.47. The summed E-state index contributed by atoms with van der Waals surface area (Å²) in [6, 6.07) is -0.437. The fourth-order valence-corrected chi connectivity index (χ4v) is 4.35. The summed E-state index contributed by atoms with van der Waals surface area (Å²) in [6.45, 7) is 17.9. The molecule has 0 bridgehead atoms. The lowest BCUT2D eigenvalue weighted by molar-refractivity contribution is -0.142. The second-order valence-corrected chi connectivity index (χ2v) is 12.8. The van der Waals surface area contributed by atoms with Crippen LogP contribution in [0.1, 0.15) is 104 Å². The van der Waals surface area contributed by atoms with Crippen molar-refractivity contribution in [3.63, 3.8) is 0 Å². The lowest BCUT2D eigenvalue weighted by Crippen LogP contribution is -2.44. The molecule has 1 rings (SSSR count). The molecule has 0 aliphatic heterocycles. The van der Waals surface area contributed by atoms with Crippen LogP contribution in [0.2, 0.25) is 0 Å². The summed E-state index contributed by atoms with van der Waals surface area (Å²) in [4.78, 5) is 60.7. The second kappa shape index (κ2) is 14.6. The molecule has 12 heteroatoms. The number of nitrogens with zero attached hydrogens (tertiary/aromatic N) is 3. The van der Waals surface area contributed by atoms with Crippen molar-refractivity contribution >= 4 is 41.2 Å². The van der Waals surface area contributed by atoms with E-state index in [-0.39, 0.29) is 23.7 Å². The highest BCUT2D eigenvalue weighted by Crippen LogP contribution is 2.31. The van der Waals surface area contributed by atoms with Crippen molar-refractivity contribution in [3.8, 4) is 0 Å². The normalized spacial score (nSPS) is 14.7. The molecule has 3 atom stereocenters. The van der Waals surface area contributed by atoms with E-state index < -0.39 is 53.4 Å². The number of rotatable bonds is 10. The molecule has 226 valence electrons. The molecule has 0 fully saturated rings. The number of carbonyl (C=O) groups excluding carboxylic acids is 4. The monoisotopic (exact) mass is 583 g/mol. The van der Waals surface area contributed by atoms with Crippen molar-refractivity contribution in [2.75, 3.05) is 14.2 Å². The van der Waals surface area contributed by atoms with Gasteiger partial charge in [0.15, 0.2) is 11.8 Å². The number of aromatic nitrogens is 1. The summed E-state index contributed by atoms with van der Waals surface area (Å²) in [7, 11) is 2.86. The van der Waals surface area contributed by atoms with Gasteiger partial charge in [0, 0.05) is 30.8 Å². The smallest absolute Gasteiger partial charge is 0.434 e. The number of esters is 2. The van der Waals surface area contributed by atoms with E-state index in [1.54, 1.807) is 55.5 Å². The highest BCUT2D eigenvalue weighted by Gasteiger charge is 2.34. The molecule has 11 nitrogen and oxygen atoms in total. The molecule has 0 N–H and O–H groups in total. The van der Waals surface area contributed by atoms with Gasteiger partial charge in [-0.15, -0.1) is 11.3 Å². The van der Waals surface area contributed by atoms with E-state index in [0.29, 0.717) is 11.4 Å². The number of methoxy groups -OCH3 is 1. The van der Waals surface area contributed by atoms with Gasteiger partial charge in [-0.2, -0.15) is 4.99 Å². The van der Waals surface area contributed by atoms with Crippen LogP contribution in [0.15, 0.2) is 10.4 Å². The maximum atomic E-state index is 13.5. The molecule has 3 unspecified atom stereocenters. The Morgan fingerprint density at radius 1 is 1.02 bits per heavy atom. The molecule has 0 aliphatic carbocycles. The fourth-order valence-electron chi connectivity index (χ4n) is 3.52. The van der Waals surface area contributed by atoms with E-state index in [1.807, 2.05) is 20.8 Å². The first kappa shape index (κ1) is 35.0. The molecule has 1 heterocycles. The highest BCUT2D eigenvalue weighted by molar-refractivity contribution is 7.09. The molecule has 1 aromatic rings. The quantitative estimate of drug-likeness (QED) is 0.179. The van der Waals surface area contributed by atoms with Crippen LogP contribution in [-0.2, 0) is 23.7 Å². The van der Waals surface area contributed by atoms with Crippen molar-refractivity contribution in [2.24, 2.45) is 16.8 Å². The Labute approximate surface area is 241 Å². The zero-order chi connectivity index (χ0) is 31.0. The molecule has 0 spiro atoms. The minimum atomic E-state index is -0.971. The minimum Gasteiger partial charge on any atom is -0.464 e. The standard InChI is InChI=1S/C28H45N3O8S/c1-13-17(4)21(30-25(34)38-27(5,6)7)24(33)37-20(22-29-18(15-40-22)23(32)36-12)14-19(16(2)3)31(11)26(35)39-28(8,9)10/h15-17,19-20H,13-14H2,1-12H3. The largest absolute Gasteiger partial charge is 0.464 e. The van der Waals surface area contributed by atoms with Gasteiger partial charge in [-0.3, -0.25) is 0 Å². The Morgan fingerprint density at radius 2 is 1.60 bits per heavy atom. The minimum absolute atomic E-state index is 0.0646. The van der Waals surface area contributed by atoms with E-state index in [1.165, 1.54) is 17.4 Å². The van der Waals surface area contributed by atoms with Crippen LogP contribution in [0.5, 0.6) is 0 Å². The average Bonchev–Trinajstić information content (AvgIpc) is 3.31. The van der Waals surface area contributed by atoms with Gasteiger partial charge in [-0.05, 0) is 53.9 Å². The van der Waals surface area contributed by atoms with Crippen LogP contribution in [-0.4, -0.2) is 71.1 Å². The summed E-state index contributed by atoms with van der Waals surface area (Å²) in [5.41, 5.74) is -1.52. The maximum Gasteiger partial charge on any atom is 0.434 e. The number of carbonyl (C=O) groups is 4. The van der Waals surface area contributed by atoms with E-state index in [0.717, 1.165) is 11.3 Å². The predicted molar refractivity (Wildman–Crippen MR) is 153 cm³/mol. The lowest BCUT2D eigenvalue weighted by atomic mass is 9.96. The fraction of sp³-hybridized carbons (Fsp3) is 0.714. The first-order valence-electron chi connectivity index (χ1n) is 13.3. The van der Waals surface area contributed by atoms with Crippen LogP contribution >= 0.6 is 11.3 Å². The third kappa shape index (κ3) is 11.2. The van der Waals surface area contributed by atoms with Gasteiger partial charge in [0.05, 0.1) is 7.11 Å². The van der Waals surface area contributed by atoms with E-state index in [4.69, 9.17) is 18.9 Å². The molecular weight excluding hydrogens is 538 g/mol. The maximum absolute atomic E-state index is 13.5. The molecule has 40 heavy (non-hydrogen) atoms. The van der Waals surface area contributed by atoms with E-state index in [2.05, 4.69) is 9.98 Å². The number of ether oxygens (including phenoxy) is 4. The molecule has 0 saturated heterocycles. The SMILES string of the molecule is CCC(C)C(=NC(=O)OC(C)(C)C)C(=O)OC(CC(C(C)C)N(C)C(=O)OC(C)(C)C)c1nc(C(=O)OC)cs1. The highest BCUT2D eigenvalue weighted by atomic mass is 32.1.